The van der Waals surface area contributed by atoms with Crippen molar-refractivity contribution < 1.29 is 19.0 Å². The molecule has 0 aromatic carbocycles. The van der Waals surface area contributed by atoms with Gasteiger partial charge in [0.25, 0.3) is 0 Å². The normalized spacial score (nSPS) is 24.1. The minimum Gasteiger partial charge on any atom is -0.469 e. The lowest BCUT2D eigenvalue weighted by Crippen LogP contribution is -2.29. The average Bonchev–Trinajstić information content (AvgIpc) is 2.77. The van der Waals surface area contributed by atoms with Gasteiger partial charge in [0, 0.05) is 39.3 Å². The Bertz CT molecular complexity index is 266. The molecule has 1 fully saturated rings. The van der Waals surface area contributed by atoms with E-state index < -0.39 is 0 Å². The van der Waals surface area contributed by atoms with E-state index in [4.69, 9.17) is 14.2 Å². The van der Waals surface area contributed by atoms with Gasteiger partial charge in [-0.2, -0.15) is 0 Å². The summed E-state index contributed by atoms with van der Waals surface area (Å²) in [4.78, 5) is 13.9. The van der Waals surface area contributed by atoms with Gasteiger partial charge in [-0.25, -0.2) is 0 Å². The van der Waals surface area contributed by atoms with Crippen molar-refractivity contribution in [3.63, 3.8) is 0 Å². The molecule has 0 aromatic heterocycles. The maximum Gasteiger partial charge on any atom is 0.310 e. The van der Waals surface area contributed by atoms with Gasteiger partial charge in [-0.15, -0.1) is 0 Å². The smallest absolute Gasteiger partial charge is 0.310 e. The van der Waals surface area contributed by atoms with E-state index in [1.54, 1.807) is 0 Å². The summed E-state index contributed by atoms with van der Waals surface area (Å²) in [6.45, 7) is 9.96. The van der Waals surface area contributed by atoms with E-state index in [9.17, 15) is 4.79 Å². The quantitative estimate of drug-likeness (QED) is 0.495. The van der Waals surface area contributed by atoms with Crippen LogP contribution in [0.4, 0.5) is 0 Å². The first-order valence-corrected chi connectivity index (χ1v) is 7.15. The highest BCUT2D eigenvalue weighted by Crippen LogP contribution is 2.24. The minimum absolute atomic E-state index is 0.00244. The number of hydrogen-bond donors (Lipinski definition) is 0. The van der Waals surface area contributed by atoms with Gasteiger partial charge in [0.15, 0.2) is 6.29 Å². The largest absolute Gasteiger partial charge is 0.469 e. The van der Waals surface area contributed by atoms with Crippen molar-refractivity contribution in [3.05, 3.63) is 0 Å². The van der Waals surface area contributed by atoms with Crippen molar-refractivity contribution in [2.45, 2.75) is 33.5 Å². The van der Waals surface area contributed by atoms with Crippen molar-refractivity contribution in [1.82, 2.24) is 4.90 Å². The Morgan fingerprint density at radius 2 is 1.89 bits per heavy atom. The number of methoxy groups -OCH3 is 1. The number of ether oxygens (including phenoxy) is 3. The molecule has 112 valence electrons. The molecule has 1 aliphatic rings. The molecule has 5 heteroatoms. The van der Waals surface area contributed by atoms with Crippen LogP contribution in [-0.2, 0) is 19.0 Å². The fourth-order valence-corrected chi connectivity index (χ4v) is 2.58. The molecule has 0 aliphatic carbocycles. The zero-order chi connectivity index (χ0) is 14.3. The van der Waals surface area contributed by atoms with Crippen LogP contribution in [0.5, 0.6) is 0 Å². The highest BCUT2D eigenvalue weighted by Gasteiger charge is 2.35. The number of carbonyl (C=O) groups is 1. The summed E-state index contributed by atoms with van der Waals surface area (Å²) in [6, 6.07) is 0. The summed E-state index contributed by atoms with van der Waals surface area (Å²) in [5, 5.41) is 0. The maximum absolute atomic E-state index is 11.6. The molecule has 1 saturated heterocycles. The molecule has 0 amide bonds. The van der Waals surface area contributed by atoms with Gasteiger partial charge in [-0.05, 0) is 19.8 Å². The molecule has 19 heavy (non-hydrogen) atoms. The van der Waals surface area contributed by atoms with E-state index in [0.29, 0.717) is 19.1 Å². The van der Waals surface area contributed by atoms with Crippen LogP contribution in [0.15, 0.2) is 0 Å². The second-order valence-electron chi connectivity index (χ2n) is 5.00. The molecule has 2 atom stereocenters. The first-order valence-electron chi connectivity index (χ1n) is 7.15. The molecule has 0 radical (unpaired) electrons. The molecule has 0 saturated carbocycles. The average molecular weight is 273 g/mol. The lowest BCUT2D eigenvalue weighted by atomic mass is 9.99. The Hall–Kier alpha value is -0.650. The molecule has 1 rings (SSSR count). The lowest BCUT2D eigenvalue weighted by molar-refractivity contribution is -0.146. The van der Waals surface area contributed by atoms with Crippen LogP contribution in [0.2, 0.25) is 0 Å². The Labute approximate surface area is 116 Å². The second-order valence-corrected chi connectivity index (χ2v) is 5.00. The number of likely N-dealkylation sites (tertiary alicyclic amines) is 1. The summed E-state index contributed by atoms with van der Waals surface area (Å²) in [5.74, 6) is 0.258. The number of carbonyl (C=O) groups excluding carboxylic acids is 1. The first-order chi connectivity index (χ1) is 9.12. The van der Waals surface area contributed by atoms with Gasteiger partial charge >= 0.3 is 5.97 Å². The van der Waals surface area contributed by atoms with Crippen LogP contribution >= 0.6 is 0 Å². The van der Waals surface area contributed by atoms with Crippen LogP contribution in [0.1, 0.15) is 27.2 Å². The third kappa shape index (κ3) is 5.09. The Morgan fingerprint density at radius 1 is 1.26 bits per heavy atom. The van der Waals surface area contributed by atoms with Crippen molar-refractivity contribution in [3.8, 4) is 0 Å². The van der Waals surface area contributed by atoms with E-state index in [1.807, 2.05) is 13.8 Å². The fraction of sp³-hybridized carbons (Fsp3) is 0.929. The number of esters is 1. The first kappa shape index (κ1) is 16.4. The highest BCUT2D eigenvalue weighted by atomic mass is 16.7. The zero-order valence-electron chi connectivity index (χ0n) is 12.6. The van der Waals surface area contributed by atoms with E-state index in [2.05, 4.69) is 11.8 Å². The van der Waals surface area contributed by atoms with Gasteiger partial charge in [0.1, 0.15) is 0 Å². The molecule has 0 N–H and O–H groups in total. The third-order valence-electron chi connectivity index (χ3n) is 3.58. The molecular weight excluding hydrogens is 246 g/mol. The Morgan fingerprint density at radius 3 is 2.42 bits per heavy atom. The molecule has 0 bridgehead atoms. The van der Waals surface area contributed by atoms with Gasteiger partial charge in [-0.3, -0.25) is 4.79 Å². The zero-order valence-corrected chi connectivity index (χ0v) is 12.6. The Balaban J connectivity index is 2.36. The highest BCUT2D eigenvalue weighted by molar-refractivity contribution is 5.73. The second kappa shape index (κ2) is 8.51. The summed E-state index contributed by atoms with van der Waals surface area (Å²) in [6.07, 6.45) is 0.699. The van der Waals surface area contributed by atoms with Crippen molar-refractivity contribution in [2.24, 2.45) is 11.8 Å². The van der Waals surface area contributed by atoms with Crippen LogP contribution in [-0.4, -0.2) is 57.1 Å². The predicted octanol–water partition coefficient (Wildman–Crippen LogP) is 1.52. The van der Waals surface area contributed by atoms with Gasteiger partial charge in [0.2, 0.25) is 0 Å². The van der Waals surface area contributed by atoms with Crippen LogP contribution in [0.25, 0.3) is 0 Å². The lowest BCUT2D eigenvalue weighted by Gasteiger charge is -2.21. The summed E-state index contributed by atoms with van der Waals surface area (Å²) >= 11 is 0. The van der Waals surface area contributed by atoms with E-state index >= 15 is 0 Å². The predicted molar refractivity (Wildman–Crippen MR) is 72.8 cm³/mol. The summed E-state index contributed by atoms with van der Waals surface area (Å²) < 4.78 is 15.9. The molecule has 2 unspecified atom stereocenters. The fourth-order valence-electron chi connectivity index (χ4n) is 2.58. The van der Waals surface area contributed by atoms with E-state index in [0.717, 1.165) is 26.1 Å². The van der Waals surface area contributed by atoms with Crippen LogP contribution in [0, 0.1) is 11.8 Å². The van der Waals surface area contributed by atoms with Crippen LogP contribution < -0.4 is 0 Å². The molecular formula is C14H27NO4. The van der Waals surface area contributed by atoms with Crippen molar-refractivity contribution in [2.75, 3.05) is 40.0 Å². The molecule has 0 spiro atoms. The number of hydrogen-bond acceptors (Lipinski definition) is 5. The topological polar surface area (TPSA) is 48.0 Å². The van der Waals surface area contributed by atoms with E-state index in [-0.39, 0.29) is 18.2 Å². The van der Waals surface area contributed by atoms with Gasteiger partial charge < -0.3 is 19.1 Å². The SMILES string of the molecule is CCOC(CCN1CC(C)C(C(=O)OC)C1)OCC. The minimum atomic E-state index is -0.137. The van der Waals surface area contributed by atoms with Gasteiger partial charge in [0.05, 0.1) is 13.0 Å². The Kier molecular flexibility index (Phi) is 7.34. The molecule has 5 nitrogen and oxygen atoms in total. The van der Waals surface area contributed by atoms with E-state index in [1.165, 1.54) is 7.11 Å². The molecule has 1 heterocycles. The monoisotopic (exact) mass is 273 g/mol. The summed E-state index contributed by atoms with van der Waals surface area (Å²) in [5.41, 5.74) is 0. The molecule has 1 aliphatic heterocycles. The third-order valence-corrected chi connectivity index (χ3v) is 3.58. The number of rotatable bonds is 8. The van der Waals surface area contributed by atoms with Gasteiger partial charge in [-0.1, -0.05) is 6.92 Å². The van der Waals surface area contributed by atoms with Crippen molar-refractivity contribution in [1.29, 1.82) is 0 Å². The standard InChI is InChI=1S/C14H27NO4/c1-5-18-13(19-6-2)7-8-15-9-11(3)12(10-15)14(16)17-4/h11-13H,5-10H2,1-4H3. The number of nitrogens with zero attached hydrogens (tertiary/aromatic N) is 1. The van der Waals surface area contributed by atoms with Crippen LogP contribution in [0.3, 0.4) is 0 Å². The van der Waals surface area contributed by atoms with Crippen molar-refractivity contribution >= 4 is 5.97 Å². The summed E-state index contributed by atoms with van der Waals surface area (Å²) in [7, 11) is 1.46. The maximum atomic E-state index is 11.6. The molecule has 0 aromatic rings.